The van der Waals surface area contributed by atoms with Gasteiger partial charge in [-0.3, -0.25) is 0 Å². The average Bonchev–Trinajstić information content (AvgIpc) is 2.67. The van der Waals surface area contributed by atoms with E-state index in [0.717, 1.165) is 13.1 Å². The first kappa shape index (κ1) is 15.6. The van der Waals surface area contributed by atoms with Crippen LogP contribution >= 0.6 is 54.8 Å². The molecule has 1 aromatic heterocycles. The van der Waals surface area contributed by atoms with Crippen LogP contribution in [-0.2, 0) is 0 Å². The molecule has 102 valence electrons. The van der Waals surface area contributed by atoms with Crippen molar-refractivity contribution in [3.05, 3.63) is 53.1 Å². The molecule has 0 aliphatic heterocycles. The Morgan fingerprint density at radius 2 is 1.53 bits per heavy atom. The predicted octanol–water partition coefficient (Wildman–Crippen LogP) is 6.83. The van der Waals surface area contributed by atoms with Crippen LogP contribution in [0.5, 0.6) is 0 Å². The maximum Gasteiger partial charge on any atom is 0.0933 e. The second-order valence-corrected chi connectivity index (χ2v) is 8.50. The molecule has 2 rings (SSSR count). The molecule has 1 unspecified atom stereocenters. The van der Waals surface area contributed by atoms with Crippen molar-refractivity contribution in [1.29, 1.82) is 0 Å². The highest BCUT2D eigenvalue weighted by molar-refractivity contribution is 9.13. The van der Waals surface area contributed by atoms with E-state index < -0.39 is 0 Å². The minimum atomic E-state index is -0.0915. The third kappa shape index (κ3) is 2.94. The largest absolute Gasteiger partial charge is 0.130 e. The number of hydrogen-bond donors (Lipinski definition) is 0. The van der Waals surface area contributed by atoms with Crippen LogP contribution < -0.4 is 0 Å². The van der Waals surface area contributed by atoms with E-state index in [2.05, 4.69) is 71.7 Å². The van der Waals surface area contributed by atoms with Gasteiger partial charge in [0.05, 0.1) is 9.16 Å². The molecule has 19 heavy (non-hydrogen) atoms. The Morgan fingerprint density at radius 3 is 1.95 bits per heavy atom. The third-order valence-corrected chi connectivity index (χ3v) is 7.50. The zero-order valence-electron chi connectivity index (χ0n) is 11.3. The van der Waals surface area contributed by atoms with Gasteiger partial charge in [0.25, 0.3) is 0 Å². The molecule has 0 aliphatic carbocycles. The molecular formula is C15H15Br2ClS. The summed E-state index contributed by atoms with van der Waals surface area (Å²) < 4.78 is 2.16. The fourth-order valence-electron chi connectivity index (χ4n) is 2.26. The van der Waals surface area contributed by atoms with Crippen molar-refractivity contribution >= 4 is 54.8 Å². The molecule has 0 N–H and O–H groups in total. The number of rotatable bonds is 2. The van der Waals surface area contributed by atoms with Gasteiger partial charge in [0.15, 0.2) is 0 Å². The smallest absolute Gasteiger partial charge is 0.0933 e. The lowest BCUT2D eigenvalue weighted by atomic mass is 9.92. The lowest BCUT2D eigenvalue weighted by Gasteiger charge is -2.18. The summed E-state index contributed by atoms with van der Waals surface area (Å²) in [5.41, 5.74) is 6.45. The number of aryl methyl sites for hydroxylation is 2. The Bertz CT molecular complexity index is 586. The van der Waals surface area contributed by atoms with E-state index in [9.17, 15) is 0 Å². The van der Waals surface area contributed by atoms with Crippen LogP contribution in [0.15, 0.2) is 20.4 Å². The highest BCUT2D eigenvalue weighted by Gasteiger charge is 2.21. The number of halogens is 3. The Morgan fingerprint density at radius 1 is 1.00 bits per heavy atom. The second kappa shape index (κ2) is 5.88. The topological polar surface area (TPSA) is 0 Å². The van der Waals surface area contributed by atoms with Crippen LogP contribution in [0.25, 0.3) is 0 Å². The Balaban J connectivity index is 2.58. The van der Waals surface area contributed by atoms with Gasteiger partial charge in [-0.1, -0.05) is 6.07 Å². The lowest BCUT2D eigenvalue weighted by molar-refractivity contribution is 1.07. The number of alkyl halides is 1. The first-order valence-electron chi connectivity index (χ1n) is 5.99. The van der Waals surface area contributed by atoms with E-state index in [0.29, 0.717) is 0 Å². The van der Waals surface area contributed by atoms with Crippen LogP contribution in [0.4, 0.5) is 0 Å². The van der Waals surface area contributed by atoms with Gasteiger partial charge >= 0.3 is 0 Å². The monoisotopic (exact) mass is 420 g/mol. The van der Waals surface area contributed by atoms with E-state index >= 15 is 0 Å². The van der Waals surface area contributed by atoms with Gasteiger partial charge in [0, 0.05) is 9.35 Å². The first-order valence-corrected chi connectivity index (χ1v) is 8.83. The van der Waals surface area contributed by atoms with E-state index in [1.54, 1.807) is 11.3 Å². The van der Waals surface area contributed by atoms with Gasteiger partial charge in [-0.15, -0.1) is 22.9 Å². The summed E-state index contributed by atoms with van der Waals surface area (Å²) >= 11 is 15.5. The summed E-state index contributed by atoms with van der Waals surface area (Å²) in [6.45, 7) is 8.61. The lowest BCUT2D eigenvalue weighted by Crippen LogP contribution is -2.02. The van der Waals surface area contributed by atoms with Crippen molar-refractivity contribution in [2.45, 2.75) is 33.1 Å². The van der Waals surface area contributed by atoms with Crippen molar-refractivity contribution in [2.75, 3.05) is 0 Å². The van der Waals surface area contributed by atoms with Crippen molar-refractivity contribution in [1.82, 2.24) is 0 Å². The highest BCUT2D eigenvalue weighted by atomic mass is 79.9. The van der Waals surface area contributed by atoms with E-state index in [-0.39, 0.29) is 5.38 Å². The summed E-state index contributed by atoms with van der Waals surface area (Å²) in [5.74, 6) is 0. The maximum absolute atomic E-state index is 6.74. The zero-order chi connectivity index (χ0) is 14.3. The molecule has 0 saturated carbocycles. The van der Waals surface area contributed by atoms with Crippen molar-refractivity contribution in [3.8, 4) is 0 Å². The Labute approximate surface area is 140 Å². The summed E-state index contributed by atoms with van der Waals surface area (Å²) in [4.78, 5) is 1.16. The first-order chi connectivity index (χ1) is 8.82. The molecule has 1 heterocycles. The zero-order valence-corrected chi connectivity index (χ0v) is 16.0. The van der Waals surface area contributed by atoms with Crippen LogP contribution in [0.3, 0.4) is 0 Å². The van der Waals surface area contributed by atoms with E-state index in [1.807, 2.05) is 0 Å². The molecule has 1 aromatic carbocycles. The van der Waals surface area contributed by atoms with Gasteiger partial charge in [-0.05, 0) is 93.4 Å². The molecular weight excluding hydrogens is 407 g/mol. The van der Waals surface area contributed by atoms with E-state index in [4.69, 9.17) is 11.6 Å². The average molecular weight is 423 g/mol. The van der Waals surface area contributed by atoms with E-state index in [1.165, 1.54) is 27.8 Å². The predicted molar refractivity (Wildman–Crippen MR) is 92.8 cm³/mol. The van der Waals surface area contributed by atoms with Crippen molar-refractivity contribution < 1.29 is 0 Å². The maximum atomic E-state index is 6.74. The molecule has 0 fully saturated rings. The summed E-state index contributed by atoms with van der Waals surface area (Å²) in [7, 11) is 0. The van der Waals surface area contributed by atoms with Crippen LogP contribution in [0, 0.1) is 27.7 Å². The van der Waals surface area contributed by atoms with Crippen LogP contribution in [0.1, 0.15) is 38.1 Å². The standard InChI is InChI=1S/C15H15Br2ClS/c1-7-5-8(2)10(4)13(9(7)3)14(18)12-6-11(16)15(17)19-12/h5-6,14H,1-4H3. The highest BCUT2D eigenvalue weighted by Crippen LogP contribution is 2.43. The quantitative estimate of drug-likeness (QED) is 0.465. The van der Waals surface area contributed by atoms with Gasteiger partial charge in [0.1, 0.15) is 0 Å². The summed E-state index contributed by atoms with van der Waals surface area (Å²) in [6.07, 6.45) is 0. The molecule has 0 saturated heterocycles. The van der Waals surface area contributed by atoms with Crippen LogP contribution in [0.2, 0.25) is 0 Å². The molecule has 0 radical (unpaired) electrons. The summed E-state index contributed by atoms with van der Waals surface area (Å²) in [6, 6.07) is 4.33. The second-order valence-electron chi connectivity index (χ2n) is 4.81. The van der Waals surface area contributed by atoms with Gasteiger partial charge in [-0.25, -0.2) is 0 Å². The minimum absolute atomic E-state index is 0.0915. The third-order valence-electron chi connectivity index (χ3n) is 3.59. The summed E-state index contributed by atoms with van der Waals surface area (Å²) in [5, 5.41) is -0.0915. The number of benzene rings is 1. The molecule has 0 bridgehead atoms. The normalized spacial score (nSPS) is 12.8. The molecule has 0 aliphatic rings. The Kier molecular flexibility index (Phi) is 4.82. The Hall–Kier alpha value is 0.170. The van der Waals surface area contributed by atoms with Gasteiger partial charge < -0.3 is 0 Å². The molecule has 0 nitrogen and oxygen atoms in total. The fourth-order valence-corrected chi connectivity index (χ4v) is 4.86. The fraction of sp³-hybridized carbons (Fsp3) is 0.333. The molecule has 4 heteroatoms. The number of hydrogen-bond acceptors (Lipinski definition) is 1. The molecule has 0 spiro atoms. The van der Waals surface area contributed by atoms with Crippen molar-refractivity contribution in [3.63, 3.8) is 0 Å². The van der Waals surface area contributed by atoms with Gasteiger partial charge in [0.2, 0.25) is 0 Å². The molecule has 0 amide bonds. The van der Waals surface area contributed by atoms with Gasteiger partial charge in [-0.2, -0.15) is 0 Å². The minimum Gasteiger partial charge on any atom is -0.130 e. The van der Waals surface area contributed by atoms with Crippen LogP contribution in [-0.4, -0.2) is 0 Å². The number of thiophene rings is 1. The van der Waals surface area contributed by atoms with Crippen molar-refractivity contribution in [2.24, 2.45) is 0 Å². The SMILES string of the molecule is Cc1cc(C)c(C)c(C(Cl)c2cc(Br)c(Br)s2)c1C. The molecule has 1 atom stereocenters. The molecule has 2 aromatic rings.